The van der Waals surface area contributed by atoms with Crippen LogP contribution in [0.3, 0.4) is 0 Å². The minimum Gasteiger partial charge on any atom is -0.395 e. The molecule has 0 aromatic carbocycles. The number of rotatable bonds is 5. The molecule has 0 aliphatic rings. The molecule has 0 radical (unpaired) electrons. The zero-order chi connectivity index (χ0) is 12.0. The summed E-state index contributed by atoms with van der Waals surface area (Å²) in [6.45, 7) is -0.242. The molecule has 0 spiro atoms. The van der Waals surface area contributed by atoms with Gasteiger partial charge in [-0.25, -0.2) is 0 Å². The molecule has 3 N–H and O–H groups in total. The van der Waals surface area contributed by atoms with Gasteiger partial charge >= 0.3 is 0 Å². The van der Waals surface area contributed by atoms with Gasteiger partial charge in [-0.05, 0) is 0 Å². The highest BCUT2D eigenvalue weighted by atomic mass is 16.3. The molecule has 1 amide bonds. The molecule has 0 unspecified atom stereocenters. The molecule has 0 aliphatic heterocycles. The summed E-state index contributed by atoms with van der Waals surface area (Å²) in [4.78, 5) is 27.1. The summed E-state index contributed by atoms with van der Waals surface area (Å²) in [7, 11) is 0. The Labute approximate surface area is 92.1 Å². The number of hydrogen-bond donors (Lipinski definition) is 3. The second-order valence-electron chi connectivity index (χ2n) is 3.16. The van der Waals surface area contributed by atoms with E-state index >= 15 is 0 Å². The van der Waals surface area contributed by atoms with Crippen molar-refractivity contribution in [1.82, 2.24) is 9.88 Å². The minimum absolute atomic E-state index is 0.00407. The summed E-state index contributed by atoms with van der Waals surface area (Å²) in [5, 5.41) is 17.5. The van der Waals surface area contributed by atoms with Crippen LogP contribution in [-0.2, 0) is 0 Å². The molecule has 1 aromatic rings. The van der Waals surface area contributed by atoms with E-state index in [1.807, 2.05) is 0 Å². The van der Waals surface area contributed by atoms with E-state index in [1.165, 1.54) is 23.4 Å². The molecule has 16 heavy (non-hydrogen) atoms. The lowest BCUT2D eigenvalue weighted by Gasteiger charge is -2.19. The first kappa shape index (κ1) is 12.4. The first-order valence-corrected chi connectivity index (χ1v) is 4.88. The number of aromatic nitrogens is 1. The van der Waals surface area contributed by atoms with Crippen LogP contribution in [0.5, 0.6) is 0 Å². The normalized spacial score (nSPS) is 10.1. The van der Waals surface area contributed by atoms with E-state index in [2.05, 4.69) is 4.98 Å². The van der Waals surface area contributed by atoms with Gasteiger partial charge in [0, 0.05) is 31.5 Å². The van der Waals surface area contributed by atoms with Crippen LogP contribution in [0.4, 0.5) is 0 Å². The van der Waals surface area contributed by atoms with Crippen molar-refractivity contribution in [3.8, 4) is 0 Å². The second kappa shape index (κ2) is 6.04. The molecule has 0 saturated heterocycles. The monoisotopic (exact) mass is 226 g/mol. The van der Waals surface area contributed by atoms with Crippen LogP contribution >= 0.6 is 0 Å². The van der Waals surface area contributed by atoms with Gasteiger partial charge in [0.15, 0.2) is 5.43 Å². The lowest BCUT2D eigenvalue weighted by atomic mass is 10.2. The van der Waals surface area contributed by atoms with Gasteiger partial charge in [-0.1, -0.05) is 0 Å². The number of aromatic amines is 1. The average molecular weight is 226 g/mol. The number of carbonyl (C=O) groups excluding carboxylic acids is 1. The van der Waals surface area contributed by atoms with Crippen LogP contribution in [0.2, 0.25) is 0 Å². The number of aliphatic hydroxyl groups is 2. The van der Waals surface area contributed by atoms with Gasteiger partial charge in [0.1, 0.15) is 5.56 Å². The van der Waals surface area contributed by atoms with E-state index in [4.69, 9.17) is 10.2 Å². The smallest absolute Gasteiger partial charge is 0.259 e. The van der Waals surface area contributed by atoms with E-state index in [0.29, 0.717) is 0 Å². The summed E-state index contributed by atoms with van der Waals surface area (Å²) < 4.78 is 0. The Bertz CT molecular complexity index is 396. The second-order valence-corrected chi connectivity index (χ2v) is 3.16. The molecule has 0 atom stereocenters. The summed E-state index contributed by atoms with van der Waals surface area (Å²) in [6.07, 6.45) is 2.74. The molecule has 0 saturated carbocycles. The third-order valence-corrected chi connectivity index (χ3v) is 2.08. The van der Waals surface area contributed by atoms with Crippen LogP contribution in [0.1, 0.15) is 10.4 Å². The van der Waals surface area contributed by atoms with Crippen LogP contribution in [0, 0.1) is 0 Å². The molecule has 1 rings (SSSR count). The van der Waals surface area contributed by atoms with Gasteiger partial charge in [0.2, 0.25) is 0 Å². The largest absolute Gasteiger partial charge is 0.395 e. The predicted octanol–water partition coefficient (Wildman–Crippen LogP) is -1.20. The SMILES string of the molecule is O=C(c1c[nH]ccc1=O)N(CCO)CCO. The fraction of sp³-hybridized carbons (Fsp3) is 0.400. The summed E-state index contributed by atoms with van der Waals surface area (Å²) in [6, 6.07) is 1.25. The minimum atomic E-state index is -0.495. The zero-order valence-electron chi connectivity index (χ0n) is 8.72. The summed E-state index contributed by atoms with van der Waals surface area (Å²) in [5.41, 5.74) is -0.381. The molecule has 0 bridgehead atoms. The number of hydrogen-bond acceptors (Lipinski definition) is 4. The molecular formula is C10H14N2O4. The maximum atomic E-state index is 11.8. The quantitative estimate of drug-likeness (QED) is 0.588. The molecule has 1 aromatic heterocycles. The van der Waals surface area contributed by atoms with Gasteiger partial charge in [-0.2, -0.15) is 0 Å². The predicted molar refractivity (Wildman–Crippen MR) is 57.1 cm³/mol. The lowest BCUT2D eigenvalue weighted by molar-refractivity contribution is 0.0683. The van der Waals surface area contributed by atoms with E-state index in [9.17, 15) is 9.59 Å². The Morgan fingerprint density at radius 3 is 2.44 bits per heavy atom. The molecular weight excluding hydrogens is 212 g/mol. The zero-order valence-corrected chi connectivity index (χ0v) is 8.72. The van der Waals surface area contributed by atoms with Crippen molar-refractivity contribution in [3.05, 3.63) is 34.2 Å². The van der Waals surface area contributed by atoms with Crippen LogP contribution in [-0.4, -0.2) is 52.3 Å². The van der Waals surface area contributed by atoms with E-state index < -0.39 is 5.91 Å². The number of aliphatic hydroxyl groups excluding tert-OH is 2. The fourth-order valence-electron chi connectivity index (χ4n) is 1.31. The fourth-order valence-corrected chi connectivity index (χ4v) is 1.31. The Kier molecular flexibility index (Phi) is 4.68. The van der Waals surface area contributed by atoms with Gasteiger partial charge in [0.25, 0.3) is 5.91 Å². The van der Waals surface area contributed by atoms with Gasteiger partial charge in [-0.3, -0.25) is 9.59 Å². The first-order valence-electron chi connectivity index (χ1n) is 4.88. The van der Waals surface area contributed by atoms with Crippen LogP contribution in [0.25, 0.3) is 0 Å². The number of nitrogens with one attached hydrogen (secondary N) is 1. The van der Waals surface area contributed by atoms with Crippen molar-refractivity contribution in [2.24, 2.45) is 0 Å². The van der Waals surface area contributed by atoms with Crippen molar-refractivity contribution in [2.45, 2.75) is 0 Å². The Balaban J connectivity index is 2.90. The van der Waals surface area contributed by atoms with Crippen molar-refractivity contribution in [2.75, 3.05) is 26.3 Å². The molecule has 1 heterocycles. The Morgan fingerprint density at radius 1 is 1.31 bits per heavy atom. The van der Waals surface area contributed by atoms with E-state index in [0.717, 1.165) is 0 Å². The Morgan fingerprint density at radius 2 is 1.94 bits per heavy atom. The van der Waals surface area contributed by atoms with Crippen molar-refractivity contribution < 1.29 is 15.0 Å². The first-order chi connectivity index (χ1) is 7.70. The lowest BCUT2D eigenvalue weighted by Crippen LogP contribution is -2.38. The number of pyridine rings is 1. The molecule has 0 aliphatic carbocycles. The van der Waals surface area contributed by atoms with Crippen molar-refractivity contribution >= 4 is 5.91 Å². The number of H-pyrrole nitrogens is 1. The van der Waals surface area contributed by atoms with E-state index in [-0.39, 0.29) is 37.3 Å². The third-order valence-electron chi connectivity index (χ3n) is 2.08. The molecule has 6 nitrogen and oxygen atoms in total. The molecule has 88 valence electrons. The van der Waals surface area contributed by atoms with Gasteiger partial charge < -0.3 is 20.1 Å². The molecule has 0 fully saturated rings. The number of carbonyl (C=O) groups is 1. The summed E-state index contributed by atoms with van der Waals surface area (Å²) in [5.74, 6) is -0.495. The van der Waals surface area contributed by atoms with Gasteiger partial charge in [0.05, 0.1) is 13.2 Å². The topological polar surface area (TPSA) is 93.6 Å². The average Bonchev–Trinajstić information content (AvgIpc) is 2.28. The Hall–Kier alpha value is -1.66. The van der Waals surface area contributed by atoms with Crippen LogP contribution in [0.15, 0.2) is 23.3 Å². The van der Waals surface area contributed by atoms with Crippen molar-refractivity contribution in [1.29, 1.82) is 0 Å². The van der Waals surface area contributed by atoms with Crippen molar-refractivity contribution in [3.63, 3.8) is 0 Å². The van der Waals surface area contributed by atoms with E-state index in [1.54, 1.807) is 0 Å². The number of amides is 1. The maximum absolute atomic E-state index is 11.8. The highest BCUT2D eigenvalue weighted by molar-refractivity contribution is 5.93. The third kappa shape index (κ3) is 2.91. The highest BCUT2D eigenvalue weighted by Gasteiger charge is 2.17. The standard InChI is InChI=1S/C10H14N2O4/c13-5-3-12(4-6-14)10(16)8-7-11-2-1-9(8)15/h1-2,7,13-14H,3-6H2,(H,11,15). The molecule has 6 heteroatoms. The maximum Gasteiger partial charge on any atom is 0.259 e. The van der Waals surface area contributed by atoms with Crippen LogP contribution < -0.4 is 5.43 Å². The van der Waals surface area contributed by atoms with Gasteiger partial charge in [-0.15, -0.1) is 0 Å². The highest BCUT2D eigenvalue weighted by Crippen LogP contribution is 1.98. The summed E-state index contributed by atoms with van der Waals surface area (Å²) >= 11 is 0. The number of nitrogens with zero attached hydrogens (tertiary/aromatic N) is 1.